The fraction of sp³-hybridized carbons (Fsp3) is 0.412. The second-order valence-electron chi connectivity index (χ2n) is 5.43. The molecule has 1 N–H and O–H groups in total. The van der Waals surface area contributed by atoms with E-state index in [9.17, 15) is 0 Å². The molecule has 3 nitrogen and oxygen atoms in total. The molecule has 3 heteroatoms. The van der Waals surface area contributed by atoms with Gasteiger partial charge in [-0.05, 0) is 49.6 Å². The monoisotopic (exact) mass is 267 g/mol. The average Bonchev–Trinajstić information content (AvgIpc) is 2.90. The van der Waals surface area contributed by atoms with Gasteiger partial charge in [0.15, 0.2) is 0 Å². The zero-order valence-corrected chi connectivity index (χ0v) is 12.1. The summed E-state index contributed by atoms with van der Waals surface area (Å²) in [5.41, 5.74) is 5.07. The van der Waals surface area contributed by atoms with Gasteiger partial charge in [0.1, 0.15) is 0 Å². The van der Waals surface area contributed by atoms with E-state index in [1.807, 2.05) is 24.5 Å². The largest absolute Gasteiger partial charge is 0.308 e. The van der Waals surface area contributed by atoms with Crippen LogP contribution in [-0.2, 0) is 6.42 Å². The lowest BCUT2D eigenvalue weighted by molar-refractivity contribution is 0.436. The molecule has 2 atom stereocenters. The van der Waals surface area contributed by atoms with E-state index in [1.165, 1.54) is 16.8 Å². The Bertz CT molecular complexity index is 594. The highest BCUT2D eigenvalue weighted by Gasteiger charge is 2.32. The van der Waals surface area contributed by atoms with Gasteiger partial charge in [-0.3, -0.25) is 9.97 Å². The molecule has 0 saturated heterocycles. The fourth-order valence-corrected chi connectivity index (χ4v) is 3.24. The van der Waals surface area contributed by atoms with E-state index in [0.29, 0.717) is 5.92 Å². The van der Waals surface area contributed by atoms with E-state index in [-0.39, 0.29) is 6.04 Å². The van der Waals surface area contributed by atoms with Crippen LogP contribution in [0.25, 0.3) is 0 Å². The number of hydrogen-bond acceptors (Lipinski definition) is 3. The van der Waals surface area contributed by atoms with Crippen LogP contribution in [0.1, 0.15) is 47.8 Å². The molecule has 3 rings (SSSR count). The quantitative estimate of drug-likeness (QED) is 0.924. The number of aryl methyl sites for hydroxylation is 2. The maximum atomic E-state index is 4.63. The first-order chi connectivity index (χ1) is 9.81. The third-order valence-electron chi connectivity index (χ3n) is 4.17. The molecule has 1 aliphatic carbocycles. The van der Waals surface area contributed by atoms with Gasteiger partial charge in [0.25, 0.3) is 0 Å². The van der Waals surface area contributed by atoms with Crippen LogP contribution in [0, 0.1) is 6.92 Å². The molecule has 0 bridgehead atoms. The van der Waals surface area contributed by atoms with Crippen LogP contribution < -0.4 is 5.32 Å². The van der Waals surface area contributed by atoms with Crippen molar-refractivity contribution in [2.45, 2.75) is 38.6 Å². The van der Waals surface area contributed by atoms with E-state index in [2.05, 4.69) is 41.3 Å². The van der Waals surface area contributed by atoms with Gasteiger partial charge in [-0.1, -0.05) is 19.1 Å². The standard InChI is InChI=1S/C17H21N3/c1-3-18-17(15-12(2)6-4-10-19-15)14-9-8-13-7-5-11-20-16(13)14/h4-7,10-11,14,17-18H,3,8-9H2,1-2H3. The lowest BCUT2D eigenvalue weighted by Gasteiger charge is -2.25. The summed E-state index contributed by atoms with van der Waals surface area (Å²) in [4.78, 5) is 9.26. The van der Waals surface area contributed by atoms with E-state index in [1.54, 1.807) is 0 Å². The van der Waals surface area contributed by atoms with Crippen LogP contribution >= 0.6 is 0 Å². The maximum absolute atomic E-state index is 4.63. The molecule has 0 saturated carbocycles. The van der Waals surface area contributed by atoms with Crippen LogP contribution in [0.2, 0.25) is 0 Å². The normalized spacial score (nSPS) is 18.8. The summed E-state index contributed by atoms with van der Waals surface area (Å²) < 4.78 is 0. The molecule has 2 aromatic heterocycles. The van der Waals surface area contributed by atoms with Crippen LogP contribution in [0.4, 0.5) is 0 Å². The topological polar surface area (TPSA) is 37.8 Å². The molecule has 104 valence electrons. The van der Waals surface area contributed by atoms with Crippen molar-refractivity contribution in [2.75, 3.05) is 6.54 Å². The molecule has 2 aromatic rings. The predicted octanol–water partition coefficient (Wildman–Crippen LogP) is 3.17. The molecule has 0 aromatic carbocycles. The van der Waals surface area contributed by atoms with Gasteiger partial charge >= 0.3 is 0 Å². The van der Waals surface area contributed by atoms with Crippen LogP contribution in [-0.4, -0.2) is 16.5 Å². The lowest BCUT2D eigenvalue weighted by Crippen LogP contribution is -2.28. The molecule has 20 heavy (non-hydrogen) atoms. The Morgan fingerprint density at radius 3 is 2.85 bits per heavy atom. The van der Waals surface area contributed by atoms with Gasteiger partial charge < -0.3 is 5.32 Å². The number of nitrogens with one attached hydrogen (secondary N) is 1. The summed E-state index contributed by atoms with van der Waals surface area (Å²) in [5.74, 6) is 0.430. The molecule has 2 heterocycles. The van der Waals surface area contributed by atoms with E-state index < -0.39 is 0 Å². The number of pyridine rings is 2. The summed E-state index contributed by atoms with van der Waals surface area (Å²) >= 11 is 0. The third-order valence-corrected chi connectivity index (χ3v) is 4.17. The van der Waals surface area contributed by atoms with E-state index >= 15 is 0 Å². The summed E-state index contributed by atoms with van der Waals surface area (Å²) in [7, 11) is 0. The van der Waals surface area contributed by atoms with Crippen molar-refractivity contribution in [2.24, 2.45) is 0 Å². The second kappa shape index (κ2) is 5.71. The van der Waals surface area contributed by atoms with Crippen molar-refractivity contribution >= 4 is 0 Å². The number of likely N-dealkylation sites (N-methyl/N-ethyl adjacent to an activating group) is 1. The lowest BCUT2D eigenvalue weighted by atomic mass is 9.91. The van der Waals surface area contributed by atoms with Crippen molar-refractivity contribution in [3.63, 3.8) is 0 Å². The van der Waals surface area contributed by atoms with Crippen molar-refractivity contribution in [1.82, 2.24) is 15.3 Å². The highest BCUT2D eigenvalue weighted by Crippen LogP contribution is 2.40. The number of rotatable bonds is 4. The molecule has 0 aliphatic heterocycles. The Morgan fingerprint density at radius 1 is 1.25 bits per heavy atom. The van der Waals surface area contributed by atoms with E-state index in [4.69, 9.17) is 0 Å². The SMILES string of the molecule is CCNC(c1ncccc1C)C1CCc2cccnc21. The van der Waals surface area contributed by atoms with Crippen molar-refractivity contribution in [3.05, 3.63) is 59.2 Å². The van der Waals surface area contributed by atoms with Gasteiger partial charge in [-0.2, -0.15) is 0 Å². The van der Waals surface area contributed by atoms with Crippen molar-refractivity contribution in [1.29, 1.82) is 0 Å². The Labute approximate surface area is 120 Å². The predicted molar refractivity (Wildman–Crippen MR) is 80.7 cm³/mol. The summed E-state index contributed by atoms with van der Waals surface area (Å²) in [5, 5.41) is 3.62. The highest BCUT2D eigenvalue weighted by atomic mass is 15.0. The van der Waals surface area contributed by atoms with Crippen LogP contribution in [0.5, 0.6) is 0 Å². The Morgan fingerprint density at radius 2 is 2.05 bits per heavy atom. The fourth-order valence-electron chi connectivity index (χ4n) is 3.24. The van der Waals surface area contributed by atoms with Crippen molar-refractivity contribution < 1.29 is 0 Å². The molecule has 1 aliphatic rings. The number of fused-ring (bicyclic) bond motifs is 1. The summed E-state index contributed by atoms with van der Waals surface area (Å²) in [6.07, 6.45) is 6.08. The summed E-state index contributed by atoms with van der Waals surface area (Å²) in [6.45, 7) is 5.24. The van der Waals surface area contributed by atoms with Crippen molar-refractivity contribution in [3.8, 4) is 0 Å². The molecule has 0 amide bonds. The number of nitrogens with zero attached hydrogens (tertiary/aromatic N) is 2. The average molecular weight is 267 g/mol. The van der Waals surface area contributed by atoms with Crippen LogP contribution in [0.3, 0.4) is 0 Å². The number of aromatic nitrogens is 2. The first kappa shape index (κ1) is 13.3. The zero-order valence-electron chi connectivity index (χ0n) is 12.1. The summed E-state index contributed by atoms with van der Waals surface area (Å²) in [6, 6.07) is 8.65. The minimum atomic E-state index is 0.261. The second-order valence-corrected chi connectivity index (χ2v) is 5.43. The Balaban J connectivity index is 1.99. The molecular weight excluding hydrogens is 246 g/mol. The highest BCUT2D eigenvalue weighted by molar-refractivity contribution is 5.33. The first-order valence-corrected chi connectivity index (χ1v) is 7.40. The molecular formula is C17H21N3. The number of hydrogen-bond donors (Lipinski definition) is 1. The van der Waals surface area contributed by atoms with E-state index in [0.717, 1.165) is 25.1 Å². The third kappa shape index (κ3) is 2.34. The maximum Gasteiger partial charge on any atom is 0.0609 e. The van der Waals surface area contributed by atoms with Crippen LogP contribution in [0.15, 0.2) is 36.7 Å². The van der Waals surface area contributed by atoms with Gasteiger partial charge in [0.05, 0.1) is 11.7 Å². The minimum absolute atomic E-state index is 0.261. The van der Waals surface area contributed by atoms with Gasteiger partial charge in [-0.25, -0.2) is 0 Å². The van der Waals surface area contributed by atoms with Gasteiger partial charge in [-0.15, -0.1) is 0 Å². The Hall–Kier alpha value is -1.74. The van der Waals surface area contributed by atoms with Gasteiger partial charge in [0.2, 0.25) is 0 Å². The molecule has 0 spiro atoms. The zero-order chi connectivity index (χ0) is 13.9. The Kier molecular flexibility index (Phi) is 3.79. The van der Waals surface area contributed by atoms with Gasteiger partial charge in [0, 0.05) is 24.0 Å². The minimum Gasteiger partial charge on any atom is -0.308 e. The molecule has 0 fully saturated rings. The molecule has 2 unspecified atom stereocenters. The first-order valence-electron chi connectivity index (χ1n) is 7.40. The smallest absolute Gasteiger partial charge is 0.0609 e. The molecule has 0 radical (unpaired) electrons.